The Kier molecular flexibility index (Phi) is 4.99. The second-order valence-corrected chi connectivity index (χ2v) is 10.2. The molecule has 0 unspecified atom stereocenters. The summed E-state index contributed by atoms with van der Waals surface area (Å²) in [6, 6.07) is 10.7. The molecule has 6 rings (SSSR count). The molecular formula is C27H26F3N3O2. The number of aromatic nitrogens is 1. The molecule has 3 aliphatic rings. The Bertz CT molecular complexity index is 1320. The molecule has 3 heterocycles. The molecule has 1 N–H and O–H groups in total. The van der Waals surface area contributed by atoms with E-state index in [9.17, 15) is 22.8 Å². The van der Waals surface area contributed by atoms with Gasteiger partial charge in [0.25, 0.3) is 5.91 Å². The maximum atomic E-state index is 13.3. The van der Waals surface area contributed by atoms with Crippen LogP contribution in [0.2, 0.25) is 0 Å². The van der Waals surface area contributed by atoms with Crippen LogP contribution in [-0.4, -0.2) is 41.3 Å². The van der Waals surface area contributed by atoms with Gasteiger partial charge in [-0.25, -0.2) is 0 Å². The molecule has 2 amide bonds. The van der Waals surface area contributed by atoms with Gasteiger partial charge >= 0.3 is 6.18 Å². The van der Waals surface area contributed by atoms with Crippen LogP contribution < -0.4 is 4.90 Å². The maximum Gasteiger partial charge on any atom is 0.416 e. The van der Waals surface area contributed by atoms with Crippen molar-refractivity contribution in [1.29, 1.82) is 0 Å². The molecule has 8 heteroatoms. The number of hydrogen-bond donors (Lipinski definition) is 1. The van der Waals surface area contributed by atoms with E-state index in [1.807, 2.05) is 23.1 Å². The minimum absolute atomic E-state index is 0.0126. The van der Waals surface area contributed by atoms with Gasteiger partial charge in [0, 0.05) is 59.3 Å². The standard InChI is InChI=1S/C27H26F3N3O2/c28-27(29,30)18-5-7-19(8-6-18)33-16-26(15-24(33)34)10-12-32(13-11-26)25(35)17-4-9-23-21(14-17)20-2-1-3-22(20)31-23/h4-9,14,31H,1-3,10-13,15-16H2. The average Bonchev–Trinajstić information content (AvgIpc) is 3.52. The lowest BCUT2D eigenvalue weighted by Gasteiger charge is -2.38. The average molecular weight is 482 g/mol. The number of nitrogens with zero attached hydrogens (tertiary/aromatic N) is 2. The normalized spacial score (nSPS) is 19.7. The zero-order valence-electron chi connectivity index (χ0n) is 19.3. The highest BCUT2D eigenvalue weighted by Gasteiger charge is 2.46. The van der Waals surface area contributed by atoms with E-state index in [0.29, 0.717) is 50.1 Å². The Morgan fingerprint density at radius 1 is 1.00 bits per heavy atom. The number of benzene rings is 2. The number of piperidine rings is 1. The van der Waals surface area contributed by atoms with E-state index in [1.165, 1.54) is 23.4 Å². The molecule has 5 nitrogen and oxygen atoms in total. The smallest absolute Gasteiger partial charge is 0.358 e. The van der Waals surface area contributed by atoms with E-state index in [2.05, 4.69) is 4.98 Å². The number of rotatable bonds is 2. The lowest BCUT2D eigenvalue weighted by molar-refractivity contribution is -0.137. The first-order chi connectivity index (χ1) is 16.7. The van der Waals surface area contributed by atoms with Crippen LogP contribution in [0.5, 0.6) is 0 Å². The number of amides is 2. The summed E-state index contributed by atoms with van der Waals surface area (Å²) < 4.78 is 38.7. The molecule has 1 spiro atoms. The van der Waals surface area contributed by atoms with Gasteiger partial charge < -0.3 is 14.8 Å². The summed E-state index contributed by atoms with van der Waals surface area (Å²) in [4.78, 5) is 33.0. The van der Waals surface area contributed by atoms with Crippen LogP contribution in [0.15, 0.2) is 42.5 Å². The highest BCUT2D eigenvalue weighted by molar-refractivity contribution is 5.99. The molecule has 182 valence electrons. The molecule has 1 aromatic heterocycles. The largest absolute Gasteiger partial charge is 0.416 e. The van der Waals surface area contributed by atoms with Crippen molar-refractivity contribution in [3.8, 4) is 0 Å². The number of likely N-dealkylation sites (tertiary alicyclic amines) is 1. The number of carbonyl (C=O) groups excluding carboxylic acids is 2. The van der Waals surface area contributed by atoms with Crippen molar-refractivity contribution in [1.82, 2.24) is 9.88 Å². The number of H-pyrrole nitrogens is 1. The van der Waals surface area contributed by atoms with Gasteiger partial charge in [-0.15, -0.1) is 0 Å². The number of anilines is 1. The Balaban J connectivity index is 1.14. The van der Waals surface area contributed by atoms with Gasteiger partial charge in [-0.3, -0.25) is 9.59 Å². The van der Waals surface area contributed by atoms with Crippen LogP contribution in [0.3, 0.4) is 0 Å². The fourth-order valence-electron chi connectivity index (χ4n) is 6.04. The summed E-state index contributed by atoms with van der Waals surface area (Å²) in [5.41, 5.74) is 3.91. The molecule has 0 bridgehead atoms. The third-order valence-electron chi connectivity index (χ3n) is 8.03. The number of halogens is 3. The van der Waals surface area contributed by atoms with Gasteiger partial charge in [-0.05, 0) is 80.1 Å². The first kappa shape index (κ1) is 22.2. The number of carbonyl (C=O) groups is 2. The molecule has 0 saturated carbocycles. The quantitative estimate of drug-likeness (QED) is 0.538. The number of aromatic amines is 1. The zero-order valence-corrected chi connectivity index (χ0v) is 19.3. The van der Waals surface area contributed by atoms with Crippen LogP contribution in [0, 0.1) is 5.41 Å². The molecule has 2 aromatic carbocycles. The van der Waals surface area contributed by atoms with Crippen molar-refractivity contribution < 1.29 is 22.8 Å². The first-order valence-corrected chi connectivity index (χ1v) is 12.1. The SMILES string of the molecule is O=C(c1ccc2[nH]c3c(c2c1)CCC3)N1CCC2(CC1)CC(=O)N(c1ccc(C(F)(F)F)cc1)C2. The first-order valence-electron chi connectivity index (χ1n) is 12.1. The molecule has 35 heavy (non-hydrogen) atoms. The lowest BCUT2D eigenvalue weighted by atomic mass is 9.77. The minimum atomic E-state index is -4.40. The van der Waals surface area contributed by atoms with Crippen molar-refractivity contribution in [2.45, 2.75) is 44.7 Å². The van der Waals surface area contributed by atoms with E-state index < -0.39 is 11.7 Å². The topological polar surface area (TPSA) is 56.4 Å². The van der Waals surface area contributed by atoms with E-state index >= 15 is 0 Å². The van der Waals surface area contributed by atoms with Crippen molar-refractivity contribution in [2.75, 3.05) is 24.5 Å². The van der Waals surface area contributed by atoms with Crippen LogP contribution in [0.1, 0.15) is 52.9 Å². The number of alkyl halides is 3. The highest BCUT2D eigenvalue weighted by atomic mass is 19.4. The molecule has 2 saturated heterocycles. The third-order valence-corrected chi connectivity index (χ3v) is 8.03. The van der Waals surface area contributed by atoms with Crippen molar-refractivity contribution in [3.63, 3.8) is 0 Å². The van der Waals surface area contributed by atoms with Crippen LogP contribution >= 0.6 is 0 Å². The summed E-state index contributed by atoms with van der Waals surface area (Å²) in [5.74, 6) is -0.0603. The Morgan fingerprint density at radius 3 is 2.46 bits per heavy atom. The van der Waals surface area contributed by atoms with Crippen molar-refractivity contribution in [3.05, 3.63) is 64.8 Å². The number of hydrogen-bond acceptors (Lipinski definition) is 2. The van der Waals surface area contributed by atoms with E-state index in [-0.39, 0.29) is 17.2 Å². The fourth-order valence-corrected chi connectivity index (χ4v) is 6.04. The molecule has 2 fully saturated rings. The van der Waals surface area contributed by atoms with Crippen LogP contribution in [0.25, 0.3) is 10.9 Å². The van der Waals surface area contributed by atoms with Gasteiger partial charge in [0.15, 0.2) is 0 Å². The van der Waals surface area contributed by atoms with Gasteiger partial charge in [0.1, 0.15) is 0 Å². The molecule has 0 radical (unpaired) electrons. The zero-order chi connectivity index (χ0) is 24.4. The van der Waals surface area contributed by atoms with Gasteiger partial charge in [-0.2, -0.15) is 13.2 Å². The van der Waals surface area contributed by atoms with Gasteiger partial charge in [0.05, 0.1) is 5.56 Å². The number of aryl methyl sites for hydroxylation is 2. The second kappa shape index (κ2) is 7.86. The summed E-state index contributed by atoms with van der Waals surface area (Å²) in [7, 11) is 0. The van der Waals surface area contributed by atoms with Crippen molar-refractivity contribution >= 4 is 28.4 Å². The summed E-state index contributed by atoms with van der Waals surface area (Å²) in [6.07, 6.45) is 0.599. The van der Waals surface area contributed by atoms with Crippen LogP contribution in [0.4, 0.5) is 18.9 Å². The van der Waals surface area contributed by atoms with Gasteiger partial charge in [0.2, 0.25) is 5.91 Å². The summed E-state index contributed by atoms with van der Waals surface area (Å²) in [6.45, 7) is 1.60. The Morgan fingerprint density at radius 2 is 1.74 bits per heavy atom. The Labute approximate surface area is 200 Å². The number of nitrogens with one attached hydrogen (secondary N) is 1. The molecule has 1 aliphatic carbocycles. The highest BCUT2D eigenvalue weighted by Crippen LogP contribution is 2.43. The summed E-state index contributed by atoms with van der Waals surface area (Å²) >= 11 is 0. The third kappa shape index (κ3) is 3.79. The van der Waals surface area contributed by atoms with E-state index in [4.69, 9.17) is 0 Å². The molecule has 3 aromatic rings. The second-order valence-electron chi connectivity index (χ2n) is 10.2. The van der Waals surface area contributed by atoms with Gasteiger partial charge in [-0.1, -0.05) is 0 Å². The predicted molar refractivity (Wildman–Crippen MR) is 126 cm³/mol. The van der Waals surface area contributed by atoms with E-state index in [0.717, 1.165) is 42.3 Å². The predicted octanol–water partition coefficient (Wildman–Crippen LogP) is 5.33. The monoisotopic (exact) mass is 481 g/mol. The minimum Gasteiger partial charge on any atom is -0.358 e. The van der Waals surface area contributed by atoms with Crippen LogP contribution in [-0.2, 0) is 23.8 Å². The number of fused-ring (bicyclic) bond motifs is 3. The molecular weight excluding hydrogens is 455 g/mol. The Hall–Kier alpha value is -3.29. The fraction of sp³-hybridized carbons (Fsp3) is 0.407. The maximum absolute atomic E-state index is 13.3. The summed E-state index contributed by atoms with van der Waals surface area (Å²) in [5, 5.41) is 1.14. The lowest BCUT2D eigenvalue weighted by Crippen LogP contribution is -2.44. The van der Waals surface area contributed by atoms with E-state index in [1.54, 1.807) is 4.90 Å². The molecule has 0 atom stereocenters. The molecule has 2 aliphatic heterocycles. The van der Waals surface area contributed by atoms with Crippen molar-refractivity contribution in [2.24, 2.45) is 5.41 Å².